The molecule has 20 heavy (non-hydrogen) atoms. The van der Waals surface area contributed by atoms with Gasteiger partial charge in [-0.1, -0.05) is 28.1 Å². The zero-order valence-corrected chi connectivity index (χ0v) is 14.0. The summed E-state index contributed by atoms with van der Waals surface area (Å²) in [5.41, 5.74) is 5.34. The van der Waals surface area contributed by atoms with Crippen LogP contribution in [0.3, 0.4) is 0 Å². The number of benzene rings is 1. The number of aliphatic hydroxyl groups is 1. The second kappa shape index (κ2) is 6.10. The molecule has 1 aromatic heterocycles. The predicted molar refractivity (Wildman–Crippen MR) is 84.9 cm³/mol. The fraction of sp³-hybridized carbons (Fsp3) is 0.438. The maximum atomic E-state index is 10.5. The van der Waals surface area contributed by atoms with Crippen LogP contribution in [0.4, 0.5) is 0 Å². The van der Waals surface area contributed by atoms with Crippen molar-refractivity contribution in [2.75, 3.05) is 0 Å². The van der Waals surface area contributed by atoms with Crippen molar-refractivity contribution in [2.45, 2.75) is 46.8 Å². The van der Waals surface area contributed by atoms with E-state index < -0.39 is 6.10 Å². The minimum absolute atomic E-state index is 0.498. The summed E-state index contributed by atoms with van der Waals surface area (Å²) < 4.78 is 3.07. The summed E-state index contributed by atoms with van der Waals surface area (Å²) in [6, 6.07) is 6.13. The molecule has 2 rings (SSSR count). The lowest BCUT2D eigenvalue weighted by atomic mass is 10.00. The summed E-state index contributed by atoms with van der Waals surface area (Å²) in [7, 11) is 0. The molecule has 0 fully saturated rings. The molecule has 1 heterocycles. The molecule has 0 aliphatic heterocycles. The Labute approximate surface area is 128 Å². The summed E-state index contributed by atoms with van der Waals surface area (Å²) in [5, 5.41) is 14.9. The first-order valence-electron chi connectivity index (χ1n) is 6.90. The van der Waals surface area contributed by atoms with Gasteiger partial charge in [-0.3, -0.25) is 4.68 Å². The number of aromatic nitrogens is 2. The van der Waals surface area contributed by atoms with E-state index in [1.54, 1.807) is 0 Å². The second-order valence-corrected chi connectivity index (χ2v) is 6.07. The monoisotopic (exact) mass is 336 g/mol. The van der Waals surface area contributed by atoms with Crippen LogP contribution in [0.5, 0.6) is 0 Å². The summed E-state index contributed by atoms with van der Waals surface area (Å²) in [5.74, 6) is 0. The van der Waals surface area contributed by atoms with Crippen molar-refractivity contribution in [3.63, 3.8) is 0 Å². The Kier molecular flexibility index (Phi) is 4.66. The van der Waals surface area contributed by atoms with Gasteiger partial charge in [0.15, 0.2) is 0 Å². The molecule has 1 aromatic carbocycles. The zero-order chi connectivity index (χ0) is 14.9. The Balaban J connectivity index is 2.25. The fourth-order valence-electron chi connectivity index (χ4n) is 2.52. The number of halogens is 1. The molecule has 0 amide bonds. The van der Waals surface area contributed by atoms with Crippen molar-refractivity contribution in [3.05, 3.63) is 50.8 Å². The molecule has 1 unspecified atom stereocenters. The van der Waals surface area contributed by atoms with Crippen LogP contribution in [0.2, 0.25) is 0 Å². The van der Waals surface area contributed by atoms with E-state index in [0.29, 0.717) is 6.42 Å². The molecule has 0 saturated heterocycles. The first kappa shape index (κ1) is 15.3. The van der Waals surface area contributed by atoms with Gasteiger partial charge in [-0.15, -0.1) is 0 Å². The third kappa shape index (κ3) is 3.13. The molecule has 1 atom stereocenters. The molecule has 108 valence electrons. The minimum atomic E-state index is -0.498. The molecule has 3 nitrogen and oxygen atoms in total. The van der Waals surface area contributed by atoms with Crippen molar-refractivity contribution in [1.29, 1.82) is 0 Å². The van der Waals surface area contributed by atoms with Crippen LogP contribution in [-0.4, -0.2) is 14.9 Å². The zero-order valence-electron chi connectivity index (χ0n) is 12.4. The van der Waals surface area contributed by atoms with E-state index in [0.717, 1.165) is 39.1 Å². The molecule has 0 aliphatic carbocycles. The average Bonchev–Trinajstić information content (AvgIpc) is 2.75. The van der Waals surface area contributed by atoms with E-state index in [9.17, 15) is 5.11 Å². The molecule has 4 heteroatoms. The Morgan fingerprint density at radius 1 is 1.20 bits per heavy atom. The van der Waals surface area contributed by atoms with Crippen LogP contribution in [0, 0.1) is 20.8 Å². The lowest BCUT2D eigenvalue weighted by molar-refractivity contribution is 0.175. The van der Waals surface area contributed by atoms with Crippen LogP contribution in [0.1, 0.15) is 41.1 Å². The van der Waals surface area contributed by atoms with Gasteiger partial charge < -0.3 is 5.11 Å². The molecule has 0 aliphatic rings. The van der Waals surface area contributed by atoms with Crippen LogP contribution in [-0.2, 0) is 13.0 Å². The number of rotatable bonds is 4. The van der Waals surface area contributed by atoms with E-state index in [2.05, 4.69) is 28.0 Å². The molecule has 0 bridgehead atoms. The van der Waals surface area contributed by atoms with Crippen LogP contribution < -0.4 is 0 Å². The highest BCUT2D eigenvalue weighted by Crippen LogP contribution is 2.27. The maximum absolute atomic E-state index is 10.5. The van der Waals surface area contributed by atoms with Crippen molar-refractivity contribution in [1.82, 2.24) is 9.78 Å². The molecule has 1 N–H and O–H groups in total. The van der Waals surface area contributed by atoms with E-state index in [4.69, 9.17) is 0 Å². The molecule has 0 radical (unpaired) electrons. The Bertz CT molecular complexity index is 596. The van der Waals surface area contributed by atoms with Crippen molar-refractivity contribution in [2.24, 2.45) is 0 Å². The summed E-state index contributed by atoms with van der Waals surface area (Å²) in [6.07, 6.45) is 0.0942. The predicted octanol–water partition coefficient (Wildman–Crippen LogP) is 3.87. The molecule has 2 aromatic rings. The molecular weight excluding hydrogens is 316 g/mol. The summed E-state index contributed by atoms with van der Waals surface area (Å²) in [6.45, 7) is 8.97. The van der Waals surface area contributed by atoms with Crippen molar-refractivity contribution in [3.8, 4) is 0 Å². The lowest BCUT2D eigenvalue weighted by Gasteiger charge is -2.15. The SMILES string of the molecule is CCn1nc(C)cc1CC(O)c1cc(C)c(Br)c(C)c1. The van der Waals surface area contributed by atoms with Gasteiger partial charge in [-0.05, 0) is 50.5 Å². The Morgan fingerprint density at radius 2 is 1.80 bits per heavy atom. The lowest BCUT2D eigenvalue weighted by Crippen LogP contribution is -2.09. The fourth-order valence-corrected chi connectivity index (χ4v) is 2.75. The van der Waals surface area contributed by atoms with Gasteiger partial charge in [0.05, 0.1) is 11.8 Å². The molecule has 0 saturated carbocycles. The third-order valence-corrected chi connectivity index (χ3v) is 4.78. The highest BCUT2D eigenvalue weighted by atomic mass is 79.9. The normalized spacial score (nSPS) is 12.7. The number of aliphatic hydroxyl groups excluding tert-OH is 1. The Morgan fingerprint density at radius 3 is 2.35 bits per heavy atom. The minimum Gasteiger partial charge on any atom is -0.388 e. The first-order valence-corrected chi connectivity index (χ1v) is 7.69. The topological polar surface area (TPSA) is 38.0 Å². The number of hydrogen-bond donors (Lipinski definition) is 1. The third-order valence-electron chi connectivity index (χ3n) is 3.53. The Hall–Kier alpha value is -1.13. The van der Waals surface area contributed by atoms with Gasteiger partial charge in [0.1, 0.15) is 0 Å². The van der Waals surface area contributed by atoms with E-state index in [-0.39, 0.29) is 0 Å². The number of hydrogen-bond acceptors (Lipinski definition) is 2. The van der Waals surface area contributed by atoms with E-state index >= 15 is 0 Å². The van der Waals surface area contributed by atoms with Crippen LogP contribution >= 0.6 is 15.9 Å². The van der Waals surface area contributed by atoms with Crippen molar-refractivity contribution >= 4 is 15.9 Å². The standard InChI is InChI=1S/C16H21BrN2O/c1-5-19-14(8-12(4)18-19)9-15(20)13-6-10(2)16(17)11(3)7-13/h6-8,15,20H,5,9H2,1-4H3. The van der Waals surface area contributed by atoms with Crippen molar-refractivity contribution < 1.29 is 5.11 Å². The van der Waals surface area contributed by atoms with Gasteiger partial charge in [0.25, 0.3) is 0 Å². The van der Waals surface area contributed by atoms with E-state index in [1.165, 1.54) is 0 Å². The quantitative estimate of drug-likeness (QED) is 0.920. The summed E-state index contributed by atoms with van der Waals surface area (Å²) in [4.78, 5) is 0. The highest BCUT2D eigenvalue weighted by Gasteiger charge is 2.14. The number of aryl methyl sites for hydroxylation is 4. The maximum Gasteiger partial charge on any atom is 0.0845 e. The van der Waals surface area contributed by atoms with Gasteiger partial charge in [0, 0.05) is 23.1 Å². The largest absolute Gasteiger partial charge is 0.388 e. The van der Waals surface area contributed by atoms with Gasteiger partial charge >= 0.3 is 0 Å². The van der Waals surface area contributed by atoms with Crippen LogP contribution in [0.25, 0.3) is 0 Å². The number of nitrogens with zero attached hydrogens (tertiary/aromatic N) is 2. The van der Waals surface area contributed by atoms with Crippen LogP contribution in [0.15, 0.2) is 22.7 Å². The second-order valence-electron chi connectivity index (χ2n) is 5.28. The van der Waals surface area contributed by atoms with E-state index in [1.807, 2.05) is 43.7 Å². The molecule has 0 spiro atoms. The smallest absolute Gasteiger partial charge is 0.0845 e. The molecular formula is C16H21BrN2O. The van der Waals surface area contributed by atoms with Gasteiger partial charge in [-0.2, -0.15) is 5.10 Å². The summed E-state index contributed by atoms with van der Waals surface area (Å²) >= 11 is 3.56. The van der Waals surface area contributed by atoms with Gasteiger partial charge in [0.2, 0.25) is 0 Å². The highest BCUT2D eigenvalue weighted by molar-refractivity contribution is 9.10. The average molecular weight is 337 g/mol. The van der Waals surface area contributed by atoms with Gasteiger partial charge in [-0.25, -0.2) is 0 Å². The first-order chi connectivity index (χ1) is 9.42.